The van der Waals surface area contributed by atoms with Crippen LogP contribution in [-0.2, 0) is 0 Å². The largest absolute Gasteiger partial charge is 0.370 e. The molecule has 164 valence electrons. The predicted molar refractivity (Wildman–Crippen MR) is 131 cm³/mol. The van der Waals surface area contributed by atoms with E-state index in [9.17, 15) is 0 Å². The number of hydrogen-bond donors (Lipinski definition) is 1. The van der Waals surface area contributed by atoms with Crippen molar-refractivity contribution in [1.29, 1.82) is 0 Å². The third-order valence-corrected chi connectivity index (χ3v) is 6.37. The molecule has 0 aliphatic heterocycles. The molecular formula is C24H27N7S. The number of rotatable bonds is 9. The Hall–Kier alpha value is -3.13. The number of thioether (sulfide) groups is 1. The zero-order valence-electron chi connectivity index (χ0n) is 18.6. The number of hydrogen-bond acceptors (Lipinski definition) is 8. The van der Waals surface area contributed by atoms with Crippen molar-refractivity contribution < 1.29 is 0 Å². The highest BCUT2D eigenvalue weighted by molar-refractivity contribution is 7.98. The molecule has 0 aliphatic carbocycles. The highest BCUT2D eigenvalue weighted by Gasteiger charge is 2.24. The quantitative estimate of drug-likeness (QED) is 0.394. The SMILES string of the molecule is CCC(c1ccnc2cccnc12)C(CNc1cc(-c2cnc(C)nc2)ncn1)CSC. The third kappa shape index (κ3) is 5.02. The van der Waals surface area contributed by atoms with E-state index in [4.69, 9.17) is 0 Å². The molecule has 32 heavy (non-hydrogen) atoms. The molecule has 0 amide bonds. The van der Waals surface area contributed by atoms with E-state index in [1.807, 2.05) is 49.3 Å². The molecule has 0 bridgehead atoms. The van der Waals surface area contributed by atoms with Gasteiger partial charge in [-0.15, -0.1) is 0 Å². The van der Waals surface area contributed by atoms with Crippen molar-refractivity contribution in [3.05, 3.63) is 66.8 Å². The lowest BCUT2D eigenvalue weighted by Crippen LogP contribution is -2.24. The Morgan fingerprint density at radius 1 is 1.00 bits per heavy atom. The minimum absolute atomic E-state index is 0.363. The van der Waals surface area contributed by atoms with E-state index in [0.29, 0.717) is 11.8 Å². The maximum Gasteiger partial charge on any atom is 0.129 e. The zero-order valence-corrected chi connectivity index (χ0v) is 19.4. The van der Waals surface area contributed by atoms with Crippen LogP contribution in [0.15, 0.2) is 55.4 Å². The molecule has 0 saturated heterocycles. The average molecular weight is 446 g/mol. The smallest absolute Gasteiger partial charge is 0.129 e. The summed E-state index contributed by atoms with van der Waals surface area (Å²) in [4.78, 5) is 26.5. The van der Waals surface area contributed by atoms with Gasteiger partial charge in [0, 0.05) is 43.0 Å². The Kier molecular flexibility index (Phi) is 7.21. The summed E-state index contributed by atoms with van der Waals surface area (Å²) in [6.45, 7) is 4.92. The van der Waals surface area contributed by atoms with E-state index in [-0.39, 0.29) is 0 Å². The maximum absolute atomic E-state index is 4.64. The molecule has 4 heterocycles. The highest BCUT2D eigenvalue weighted by Crippen LogP contribution is 2.33. The van der Waals surface area contributed by atoms with Gasteiger partial charge < -0.3 is 5.32 Å². The van der Waals surface area contributed by atoms with Crippen LogP contribution >= 0.6 is 11.8 Å². The Balaban J connectivity index is 1.55. The molecule has 0 spiro atoms. The molecule has 2 atom stereocenters. The number of pyridine rings is 2. The van der Waals surface area contributed by atoms with E-state index < -0.39 is 0 Å². The van der Waals surface area contributed by atoms with Crippen LogP contribution in [0.5, 0.6) is 0 Å². The molecule has 8 heteroatoms. The fourth-order valence-corrected chi connectivity index (χ4v) is 4.79. The van der Waals surface area contributed by atoms with E-state index in [0.717, 1.165) is 52.7 Å². The van der Waals surface area contributed by atoms with Crippen molar-refractivity contribution in [1.82, 2.24) is 29.9 Å². The predicted octanol–water partition coefficient (Wildman–Crippen LogP) is 4.77. The van der Waals surface area contributed by atoms with Crippen LogP contribution in [-0.4, -0.2) is 48.5 Å². The second-order valence-corrected chi connectivity index (χ2v) is 8.60. The van der Waals surface area contributed by atoms with Gasteiger partial charge in [0.15, 0.2) is 0 Å². The fraction of sp³-hybridized carbons (Fsp3) is 0.333. The summed E-state index contributed by atoms with van der Waals surface area (Å²) < 4.78 is 0. The minimum atomic E-state index is 0.363. The van der Waals surface area contributed by atoms with Crippen LogP contribution in [0, 0.1) is 12.8 Å². The summed E-state index contributed by atoms with van der Waals surface area (Å²) >= 11 is 1.86. The first kappa shape index (κ1) is 22.1. The fourth-order valence-electron chi connectivity index (χ4n) is 4.01. The molecule has 2 unspecified atom stereocenters. The first-order chi connectivity index (χ1) is 15.7. The Morgan fingerprint density at radius 3 is 2.62 bits per heavy atom. The van der Waals surface area contributed by atoms with Crippen LogP contribution in [0.3, 0.4) is 0 Å². The Bertz CT molecular complexity index is 1160. The van der Waals surface area contributed by atoms with Gasteiger partial charge in [0.1, 0.15) is 18.0 Å². The number of nitrogens with zero attached hydrogens (tertiary/aromatic N) is 6. The first-order valence-electron chi connectivity index (χ1n) is 10.7. The van der Waals surface area contributed by atoms with Gasteiger partial charge in [0.25, 0.3) is 0 Å². The van der Waals surface area contributed by atoms with Crippen molar-refractivity contribution >= 4 is 28.6 Å². The zero-order chi connectivity index (χ0) is 22.3. The molecule has 0 fully saturated rings. The van der Waals surface area contributed by atoms with E-state index in [1.54, 1.807) is 18.7 Å². The van der Waals surface area contributed by atoms with Gasteiger partial charge in [-0.1, -0.05) is 6.92 Å². The summed E-state index contributed by atoms with van der Waals surface area (Å²) in [6.07, 6.45) is 12.1. The van der Waals surface area contributed by atoms with Crippen molar-refractivity contribution in [2.24, 2.45) is 5.92 Å². The van der Waals surface area contributed by atoms with Crippen LogP contribution < -0.4 is 5.32 Å². The normalized spacial score (nSPS) is 13.1. The number of fused-ring (bicyclic) bond motifs is 1. The van der Waals surface area contributed by atoms with Gasteiger partial charge in [-0.2, -0.15) is 11.8 Å². The second-order valence-electron chi connectivity index (χ2n) is 7.69. The first-order valence-corrected chi connectivity index (χ1v) is 12.1. The summed E-state index contributed by atoms with van der Waals surface area (Å²) in [6, 6.07) is 8.04. The lowest BCUT2D eigenvalue weighted by molar-refractivity contribution is 0.476. The van der Waals surface area contributed by atoms with Gasteiger partial charge >= 0.3 is 0 Å². The van der Waals surface area contributed by atoms with Crippen LogP contribution in [0.1, 0.15) is 30.7 Å². The van der Waals surface area contributed by atoms with Crippen molar-refractivity contribution in [3.63, 3.8) is 0 Å². The molecule has 0 saturated carbocycles. The summed E-state index contributed by atoms with van der Waals surface area (Å²) in [5.41, 5.74) is 4.89. The molecule has 0 radical (unpaired) electrons. The van der Waals surface area contributed by atoms with Gasteiger partial charge in [-0.25, -0.2) is 19.9 Å². The molecule has 4 aromatic heterocycles. The van der Waals surface area contributed by atoms with Gasteiger partial charge in [0.05, 0.1) is 16.7 Å². The molecule has 0 aliphatic rings. The second kappa shape index (κ2) is 10.5. The summed E-state index contributed by atoms with van der Waals surface area (Å²) in [7, 11) is 0. The van der Waals surface area contributed by atoms with E-state index in [1.165, 1.54) is 5.56 Å². The standard InChI is InChI=1S/C24H27N7S/c1-4-19(20-7-9-25-21-6-5-8-26-24(20)21)18(14-32-3)13-29-23-10-22(30-15-31-23)17-11-27-16(2)28-12-17/h5-12,15,18-19H,4,13-14H2,1-3H3,(H,29,30,31). The molecule has 4 aromatic rings. The maximum atomic E-state index is 4.64. The lowest BCUT2D eigenvalue weighted by atomic mass is 9.84. The van der Waals surface area contributed by atoms with Crippen molar-refractivity contribution in [2.45, 2.75) is 26.2 Å². The van der Waals surface area contributed by atoms with E-state index in [2.05, 4.69) is 54.5 Å². The average Bonchev–Trinajstić information content (AvgIpc) is 2.84. The number of nitrogens with one attached hydrogen (secondary N) is 1. The number of aromatic nitrogens is 6. The highest BCUT2D eigenvalue weighted by atomic mass is 32.2. The van der Waals surface area contributed by atoms with Crippen LogP contribution in [0.2, 0.25) is 0 Å². The van der Waals surface area contributed by atoms with Gasteiger partial charge in [0.2, 0.25) is 0 Å². The molecular weight excluding hydrogens is 418 g/mol. The molecule has 7 nitrogen and oxygen atoms in total. The molecule has 1 N–H and O–H groups in total. The minimum Gasteiger partial charge on any atom is -0.370 e. The Morgan fingerprint density at radius 2 is 1.84 bits per heavy atom. The summed E-state index contributed by atoms with van der Waals surface area (Å²) in [5.74, 6) is 3.34. The van der Waals surface area contributed by atoms with Crippen LogP contribution in [0.25, 0.3) is 22.3 Å². The number of aryl methyl sites for hydroxylation is 1. The van der Waals surface area contributed by atoms with Crippen molar-refractivity contribution in [3.8, 4) is 11.3 Å². The monoisotopic (exact) mass is 445 g/mol. The lowest BCUT2D eigenvalue weighted by Gasteiger charge is -2.27. The van der Waals surface area contributed by atoms with Gasteiger partial charge in [-0.3, -0.25) is 9.97 Å². The topological polar surface area (TPSA) is 89.4 Å². The van der Waals surface area contributed by atoms with E-state index >= 15 is 0 Å². The van der Waals surface area contributed by atoms with Crippen molar-refractivity contribution in [2.75, 3.05) is 23.9 Å². The molecule has 0 aromatic carbocycles. The number of anilines is 1. The molecule has 4 rings (SSSR count). The summed E-state index contributed by atoms with van der Waals surface area (Å²) in [5, 5.41) is 3.54. The third-order valence-electron chi connectivity index (χ3n) is 5.61. The van der Waals surface area contributed by atoms with Crippen LogP contribution in [0.4, 0.5) is 5.82 Å². The Labute approximate surface area is 192 Å². The van der Waals surface area contributed by atoms with Gasteiger partial charge in [-0.05, 0) is 61.0 Å².